The number of sulfone groups is 1. The van der Waals surface area contributed by atoms with Crippen molar-refractivity contribution < 1.29 is 31.5 Å². The molecule has 32 heavy (non-hydrogen) atoms. The number of halogens is 3. The van der Waals surface area contributed by atoms with Crippen LogP contribution in [0.5, 0.6) is 0 Å². The van der Waals surface area contributed by atoms with Gasteiger partial charge in [-0.25, -0.2) is 13.4 Å². The summed E-state index contributed by atoms with van der Waals surface area (Å²) in [6.45, 7) is 3.04. The minimum atomic E-state index is -4.77. The van der Waals surface area contributed by atoms with E-state index in [-0.39, 0.29) is 29.0 Å². The number of aryl methyl sites for hydroxylation is 1. The summed E-state index contributed by atoms with van der Waals surface area (Å²) in [7, 11) is -3.23. The summed E-state index contributed by atoms with van der Waals surface area (Å²) in [6.07, 6.45) is -2.10. The topological polar surface area (TPSA) is 128 Å². The molecule has 0 unspecified atom stereocenters. The lowest BCUT2D eigenvalue weighted by Crippen LogP contribution is -2.21. The second-order valence-corrected chi connectivity index (χ2v) is 10.3. The molecule has 0 atom stereocenters. The van der Waals surface area contributed by atoms with E-state index in [0.717, 1.165) is 18.4 Å². The average molecular weight is 470 g/mol. The summed E-state index contributed by atoms with van der Waals surface area (Å²) >= 11 is 0. The molecular formula is C20H21F3N4O4S. The maximum Gasteiger partial charge on any atom is 0.433 e. The quantitative estimate of drug-likeness (QED) is 0.570. The Bertz CT molecular complexity index is 1310. The molecule has 0 aliphatic heterocycles. The second kappa shape index (κ2) is 7.85. The fraction of sp³-hybridized carbons (Fsp3) is 0.350. The van der Waals surface area contributed by atoms with Gasteiger partial charge in [0.05, 0.1) is 23.4 Å². The number of carbonyl (C=O) groups is 1. The Morgan fingerprint density at radius 3 is 2.38 bits per heavy atom. The van der Waals surface area contributed by atoms with E-state index in [2.05, 4.69) is 10.1 Å². The van der Waals surface area contributed by atoms with Crippen LogP contribution in [0.2, 0.25) is 0 Å². The van der Waals surface area contributed by atoms with Crippen molar-refractivity contribution in [3.05, 3.63) is 47.4 Å². The lowest BCUT2D eigenvalue weighted by atomic mass is 9.87. The lowest BCUT2D eigenvalue weighted by molar-refractivity contribution is -0.141. The smallest absolute Gasteiger partial charge is 0.386 e. The lowest BCUT2D eigenvalue weighted by Gasteiger charge is -2.23. The maximum absolute atomic E-state index is 13.1. The van der Waals surface area contributed by atoms with Gasteiger partial charge in [0.2, 0.25) is 0 Å². The molecule has 0 saturated carbocycles. The van der Waals surface area contributed by atoms with Gasteiger partial charge in [-0.15, -0.1) is 0 Å². The summed E-state index contributed by atoms with van der Waals surface area (Å²) < 4.78 is 63.6. The Hall–Kier alpha value is -2.99. The molecule has 3 N–H and O–H groups in total. The minimum Gasteiger partial charge on any atom is -0.386 e. The molecule has 0 spiro atoms. The number of fused-ring (bicyclic) bond motifs is 1. The summed E-state index contributed by atoms with van der Waals surface area (Å²) in [5.74, 6) is -1.29. The standard InChI is InChI=1S/C20H21F3N4O4S/c1-19(2,29)14-9-15-11(10-27(26-15)6-7-32(3,30)31)8-13(14)12-4-5-16(20(21,22)23)25-17(12)18(24)28/h4-5,8-10,29H,6-7H2,1-3H3,(H2,24,28). The highest BCUT2D eigenvalue weighted by atomic mass is 32.2. The van der Waals surface area contributed by atoms with Crippen LogP contribution in [0, 0.1) is 0 Å². The van der Waals surface area contributed by atoms with Gasteiger partial charge in [0.1, 0.15) is 21.2 Å². The molecule has 8 nitrogen and oxygen atoms in total. The molecule has 12 heteroatoms. The predicted molar refractivity (Wildman–Crippen MR) is 111 cm³/mol. The van der Waals surface area contributed by atoms with Crippen LogP contribution in [-0.2, 0) is 28.2 Å². The van der Waals surface area contributed by atoms with E-state index in [9.17, 15) is 31.5 Å². The van der Waals surface area contributed by atoms with Gasteiger partial charge in [-0.2, -0.15) is 18.3 Å². The van der Waals surface area contributed by atoms with Gasteiger partial charge >= 0.3 is 6.18 Å². The largest absolute Gasteiger partial charge is 0.433 e. The van der Waals surface area contributed by atoms with E-state index >= 15 is 0 Å². The van der Waals surface area contributed by atoms with Crippen LogP contribution in [0.3, 0.4) is 0 Å². The van der Waals surface area contributed by atoms with Crippen molar-refractivity contribution in [1.29, 1.82) is 0 Å². The number of alkyl halides is 3. The third kappa shape index (κ3) is 5.07. The number of rotatable bonds is 6. The third-order valence-electron chi connectivity index (χ3n) is 4.75. The Morgan fingerprint density at radius 2 is 1.84 bits per heavy atom. The molecule has 1 aromatic carbocycles. The van der Waals surface area contributed by atoms with Crippen molar-refractivity contribution >= 4 is 26.6 Å². The van der Waals surface area contributed by atoms with Crippen LogP contribution in [0.25, 0.3) is 22.0 Å². The van der Waals surface area contributed by atoms with Gasteiger partial charge in [-0.05, 0) is 49.2 Å². The number of benzene rings is 1. The van der Waals surface area contributed by atoms with Gasteiger partial charge in [-0.3, -0.25) is 9.48 Å². The van der Waals surface area contributed by atoms with Crippen LogP contribution in [0.1, 0.15) is 35.6 Å². The molecule has 0 aliphatic carbocycles. The van der Waals surface area contributed by atoms with Gasteiger partial charge in [0.15, 0.2) is 0 Å². The summed E-state index contributed by atoms with van der Waals surface area (Å²) in [6, 6.07) is 4.89. The summed E-state index contributed by atoms with van der Waals surface area (Å²) in [5.41, 5.74) is 2.98. The van der Waals surface area contributed by atoms with Crippen LogP contribution in [-0.4, -0.2) is 46.2 Å². The summed E-state index contributed by atoms with van der Waals surface area (Å²) in [4.78, 5) is 15.4. The molecule has 3 aromatic rings. The highest BCUT2D eigenvalue weighted by Crippen LogP contribution is 2.37. The van der Waals surface area contributed by atoms with Gasteiger partial charge in [0, 0.05) is 23.4 Å². The molecule has 0 bridgehead atoms. The van der Waals surface area contributed by atoms with Crippen molar-refractivity contribution in [2.75, 3.05) is 12.0 Å². The average Bonchev–Trinajstić information content (AvgIpc) is 3.05. The number of amides is 1. The van der Waals surface area contributed by atoms with Crippen molar-refractivity contribution in [2.45, 2.75) is 32.2 Å². The van der Waals surface area contributed by atoms with E-state index in [0.29, 0.717) is 10.9 Å². The zero-order chi connectivity index (χ0) is 24.1. The first-order valence-electron chi connectivity index (χ1n) is 9.36. The molecule has 1 amide bonds. The van der Waals surface area contributed by atoms with Crippen LogP contribution in [0.4, 0.5) is 13.2 Å². The number of pyridine rings is 1. The molecular weight excluding hydrogens is 449 g/mol. The fourth-order valence-corrected chi connectivity index (χ4v) is 3.77. The van der Waals surface area contributed by atoms with Crippen molar-refractivity contribution in [2.24, 2.45) is 5.73 Å². The van der Waals surface area contributed by atoms with Crippen LogP contribution < -0.4 is 5.73 Å². The van der Waals surface area contributed by atoms with Crippen LogP contribution >= 0.6 is 0 Å². The normalized spacial score (nSPS) is 13.0. The van der Waals surface area contributed by atoms with E-state index in [1.807, 2.05) is 0 Å². The number of nitrogens with two attached hydrogens (primary N) is 1. The molecule has 172 valence electrons. The highest BCUT2D eigenvalue weighted by Gasteiger charge is 2.34. The minimum absolute atomic E-state index is 0.0217. The third-order valence-corrected chi connectivity index (χ3v) is 5.67. The number of primary amides is 1. The number of aromatic nitrogens is 3. The van der Waals surface area contributed by atoms with E-state index < -0.39 is 38.9 Å². The van der Waals surface area contributed by atoms with Gasteiger partial charge in [-0.1, -0.05) is 0 Å². The monoisotopic (exact) mass is 470 g/mol. The zero-order valence-corrected chi connectivity index (χ0v) is 18.3. The molecule has 0 saturated heterocycles. The van der Waals surface area contributed by atoms with Crippen molar-refractivity contribution in [3.63, 3.8) is 0 Å². The summed E-state index contributed by atoms with van der Waals surface area (Å²) in [5, 5.41) is 15.5. The van der Waals surface area contributed by atoms with Crippen LogP contribution in [0.15, 0.2) is 30.5 Å². The number of hydrogen-bond donors (Lipinski definition) is 2. The van der Waals surface area contributed by atoms with Gasteiger partial charge in [0.25, 0.3) is 5.91 Å². The maximum atomic E-state index is 13.1. The van der Waals surface area contributed by atoms with Crippen molar-refractivity contribution in [1.82, 2.24) is 14.8 Å². The Labute approximate surface area is 181 Å². The first-order valence-corrected chi connectivity index (χ1v) is 11.4. The molecule has 2 aromatic heterocycles. The molecule has 3 rings (SSSR count). The molecule has 2 heterocycles. The fourth-order valence-electron chi connectivity index (χ4n) is 3.25. The zero-order valence-electron chi connectivity index (χ0n) is 17.4. The number of nitrogens with zero attached hydrogens (tertiary/aromatic N) is 3. The molecule has 0 aliphatic rings. The first kappa shape index (κ1) is 23.7. The Morgan fingerprint density at radius 1 is 1.19 bits per heavy atom. The van der Waals surface area contributed by atoms with E-state index in [1.165, 1.54) is 24.6 Å². The number of hydrogen-bond acceptors (Lipinski definition) is 6. The highest BCUT2D eigenvalue weighted by molar-refractivity contribution is 7.90. The Kier molecular flexibility index (Phi) is 5.81. The molecule has 0 fully saturated rings. The van der Waals surface area contributed by atoms with E-state index in [4.69, 9.17) is 5.73 Å². The number of carbonyl (C=O) groups excluding carboxylic acids is 1. The second-order valence-electron chi connectivity index (χ2n) is 7.99. The van der Waals surface area contributed by atoms with Crippen molar-refractivity contribution in [3.8, 4) is 11.1 Å². The Balaban J connectivity index is 2.24. The number of aliphatic hydroxyl groups is 1. The van der Waals surface area contributed by atoms with Gasteiger partial charge < -0.3 is 10.8 Å². The first-order chi connectivity index (χ1) is 14.6. The SMILES string of the molecule is CC(C)(O)c1cc2nn(CCS(C)(=O)=O)cc2cc1-c1ccc(C(F)(F)F)nc1C(N)=O. The predicted octanol–water partition coefficient (Wildman–Crippen LogP) is 2.49. The molecule has 0 radical (unpaired) electrons. The van der Waals surface area contributed by atoms with E-state index in [1.54, 1.807) is 12.3 Å².